The van der Waals surface area contributed by atoms with Crippen molar-refractivity contribution in [3.05, 3.63) is 24.3 Å². The fourth-order valence-corrected chi connectivity index (χ4v) is 1.77. The van der Waals surface area contributed by atoms with Crippen LogP contribution in [0, 0.1) is 0 Å². The second-order valence-electron chi connectivity index (χ2n) is 4.33. The van der Waals surface area contributed by atoms with E-state index in [1.165, 1.54) is 0 Å². The van der Waals surface area contributed by atoms with Gasteiger partial charge in [-0.3, -0.25) is 19.7 Å². The Kier molecular flexibility index (Phi) is 6.28. The standard InChI is InChI=1S/C13H22N4O/c1-4-17(5-2)10-13(18)16-11(3)8-12-9-14-6-7-15-12/h6-7,9,11H,4-5,8,10H2,1-3H3,(H,16,18). The van der Waals surface area contributed by atoms with Crippen molar-refractivity contribution in [3.8, 4) is 0 Å². The lowest BCUT2D eigenvalue weighted by Crippen LogP contribution is -2.41. The van der Waals surface area contributed by atoms with Gasteiger partial charge in [0.15, 0.2) is 0 Å². The fourth-order valence-electron chi connectivity index (χ4n) is 1.77. The number of amides is 1. The van der Waals surface area contributed by atoms with Crippen molar-refractivity contribution in [1.29, 1.82) is 0 Å². The van der Waals surface area contributed by atoms with Crippen LogP contribution >= 0.6 is 0 Å². The van der Waals surface area contributed by atoms with Crippen molar-refractivity contribution < 1.29 is 4.79 Å². The summed E-state index contributed by atoms with van der Waals surface area (Å²) in [4.78, 5) is 22.1. The van der Waals surface area contributed by atoms with Gasteiger partial charge < -0.3 is 5.32 Å². The van der Waals surface area contributed by atoms with E-state index in [1.807, 2.05) is 6.92 Å². The van der Waals surface area contributed by atoms with E-state index in [2.05, 4.69) is 34.0 Å². The van der Waals surface area contributed by atoms with Gasteiger partial charge in [-0.1, -0.05) is 13.8 Å². The molecule has 1 aromatic rings. The predicted octanol–water partition coefficient (Wildman–Crippen LogP) is 0.866. The molecule has 18 heavy (non-hydrogen) atoms. The van der Waals surface area contributed by atoms with E-state index in [9.17, 15) is 4.79 Å². The molecule has 1 rings (SSSR count). The van der Waals surface area contributed by atoms with Crippen LogP contribution in [0.25, 0.3) is 0 Å². The maximum absolute atomic E-state index is 11.8. The van der Waals surface area contributed by atoms with Gasteiger partial charge in [-0.2, -0.15) is 0 Å². The molecule has 1 amide bonds. The van der Waals surface area contributed by atoms with E-state index < -0.39 is 0 Å². The van der Waals surface area contributed by atoms with Gasteiger partial charge in [0.2, 0.25) is 5.91 Å². The van der Waals surface area contributed by atoms with Crippen molar-refractivity contribution in [2.75, 3.05) is 19.6 Å². The second-order valence-corrected chi connectivity index (χ2v) is 4.33. The molecule has 1 atom stereocenters. The zero-order valence-corrected chi connectivity index (χ0v) is 11.4. The van der Waals surface area contributed by atoms with Crippen molar-refractivity contribution >= 4 is 5.91 Å². The molecule has 0 saturated heterocycles. The molecule has 0 saturated carbocycles. The molecular formula is C13H22N4O. The number of rotatable bonds is 7. The normalized spacial score (nSPS) is 12.4. The van der Waals surface area contributed by atoms with Gasteiger partial charge in [0.1, 0.15) is 0 Å². The fraction of sp³-hybridized carbons (Fsp3) is 0.615. The summed E-state index contributed by atoms with van der Waals surface area (Å²) in [6, 6.07) is 0.0739. The average Bonchev–Trinajstić information content (AvgIpc) is 2.36. The molecule has 0 aromatic carbocycles. The Morgan fingerprint density at radius 1 is 1.39 bits per heavy atom. The number of hydrogen-bond donors (Lipinski definition) is 1. The highest BCUT2D eigenvalue weighted by Crippen LogP contribution is 1.97. The van der Waals surface area contributed by atoms with Crippen LogP contribution in [0.15, 0.2) is 18.6 Å². The van der Waals surface area contributed by atoms with E-state index in [4.69, 9.17) is 0 Å². The van der Waals surface area contributed by atoms with Crippen LogP contribution in [0.3, 0.4) is 0 Å². The molecule has 0 radical (unpaired) electrons. The van der Waals surface area contributed by atoms with Crippen molar-refractivity contribution in [2.45, 2.75) is 33.2 Å². The van der Waals surface area contributed by atoms with E-state index in [0.29, 0.717) is 13.0 Å². The van der Waals surface area contributed by atoms with Crippen LogP contribution in [0.5, 0.6) is 0 Å². The minimum absolute atomic E-state index is 0.0649. The highest BCUT2D eigenvalue weighted by atomic mass is 16.2. The summed E-state index contributed by atoms with van der Waals surface area (Å²) in [5.74, 6) is 0.0649. The first-order valence-electron chi connectivity index (χ1n) is 6.42. The smallest absolute Gasteiger partial charge is 0.234 e. The largest absolute Gasteiger partial charge is 0.352 e. The summed E-state index contributed by atoms with van der Waals surface area (Å²) in [5, 5.41) is 2.98. The topological polar surface area (TPSA) is 58.1 Å². The minimum atomic E-state index is 0.0649. The third kappa shape index (κ3) is 5.23. The lowest BCUT2D eigenvalue weighted by atomic mass is 10.2. The Balaban J connectivity index is 2.36. The SMILES string of the molecule is CCN(CC)CC(=O)NC(C)Cc1cnccn1. The molecule has 1 unspecified atom stereocenters. The Hall–Kier alpha value is -1.49. The predicted molar refractivity (Wildman–Crippen MR) is 71.1 cm³/mol. The Morgan fingerprint density at radius 3 is 2.67 bits per heavy atom. The molecule has 1 heterocycles. The van der Waals surface area contributed by atoms with Gasteiger partial charge in [0, 0.05) is 31.1 Å². The van der Waals surface area contributed by atoms with Crippen LogP contribution in [0.2, 0.25) is 0 Å². The summed E-state index contributed by atoms with van der Waals surface area (Å²) in [7, 11) is 0. The lowest BCUT2D eigenvalue weighted by molar-refractivity contribution is -0.122. The van der Waals surface area contributed by atoms with Crippen LogP contribution in [-0.2, 0) is 11.2 Å². The molecule has 1 aromatic heterocycles. The van der Waals surface area contributed by atoms with Crippen molar-refractivity contribution in [3.63, 3.8) is 0 Å². The van der Waals surface area contributed by atoms with Gasteiger partial charge >= 0.3 is 0 Å². The lowest BCUT2D eigenvalue weighted by Gasteiger charge is -2.19. The minimum Gasteiger partial charge on any atom is -0.352 e. The molecule has 1 N–H and O–H groups in total. The Morgan fingerprint density at radius 2 is 2.11 bits per heavy atom. The molecule has 100 valence electrons. The van der Waals surface area contributed by atoms with E-state index >= 15 is 0 Å². The number of aromatic nitrogens is 2. The molecular weight excluding hydrogens is 228 g/mol. The second kappa shape index (κ2) is 7.76. The highest BCUT2D eigenvalue weighted by molar-refractivity contribution is 5.78. The third-order valence-corrected chi connectivity index (χ3v) is 2.80. The van der Waals surface area contributed by atoms with Crippen LogP contribution in [0.1, 0.15) is 26.5 Å². The number of nitrogens with one attached hydrogen (secondary N) is 1. The summed E-state index contributed by atoms with van der Waals surface area (Å²) in [5.41, 5.74) is 0.896. The molecule has 0 bridgehead atoms. The maximum atomic E-state index is 11.8. The van der Waals surface area contributed by atoms with Gasteiger partial charge in [-0.05, 0) is 20.0 Å². The molecule has 5 nitrogen and oxygen atoms in total. The summed E-state index contributed by atoms with van der Waals surface area (Å²) in [6.07, 6.45) is 5.75. The van der Waals surface area contributed by atoms with Crippen molar-refractivity contribution in [2.24, 2.45) is 0 Å². The zero-order chi connectivity index (χ0) is 13.4. The zero-order valence-electron chi connectivity index (χ0n) is 11.4. The summed E-state index contributed by atoms with van der Waals surface area (Å²) >= 11 is 0. The molecule has 0 aliphatic heterocycles. The molecule has 0 aliphatic rings. The number of carbonyl (C=O) groups is 1. The quantitative estimate of drug-likeness (QED) is 0.780. The Bertz CT molecular complexity index is 351. The first kappa shape index (κ1) is 14.6. The van der Waals surface area contributed by atoms with Crippen LogP contribution in [-0.4, -0.2) is 46.5 Å². The van der Waals surface area contributed by atoms with Gasteiger partial charge in [-0.25, -0.2) is 0 Å². The van der Waals surface area contributed by atoms with E-state index in [1.54, 1.807) is 18.6 Å². The first-order chi connectivity index (χ1) is 8.65. The molecule has 0 aliphatic carbocycles. The third-order valence-electron chi connectivity index (χ3n) is 2.80. The first-order valence-corrected chi connectivity index (χ1v) is 6.42. The maximum Gasteiger partial charge on any atom is 0.234 e. The van der Waals surface area contributed by atoms with Crippen LogP contribution in [0.4, 0.5) is 0 Å². The number of likely N-dealkylation sites (N-methyl/N-ethyl adjacent to an activating group) is 1. The van der Waals surface area contributed by atoms with Gasteiger partial charge in [0.05, 0.1) is 12.2 Å². The monoisotopic (exact) mass is 250 g/mol. The summed E-state index contributed by atoms with van der Waals surface area (Å²) < 4.78 is 0. The number of carbonyl (C=O) groups excluding carboxylic acids is 1. The number of hydrogen-bond acceptors (Lipinski definition) is 4. The molecule has 5 heteroatoms. The van der Waals surface area contributed by atoms with Crippen LogP contribution < -0.4 is 5.32 Å². The van der Waals surface area contributed by atoms with Crippen molar-refractivity contribution in [1.82, 2.24) is 20.2 Å². The highest BCUT2D eigenvalue weighted by Gasteiger charge is 2.11. The molecule has 0 fully saturated rings. The van der Waals surface area contributed by atoms with E-state index in [-0.39, 0.29) is 11.9 Å². The average molecular weight is 250 g/mol. The summed E-state index contributed by atoms with van der Waals surface area (Å²) in [6.45, 7) is 8.33. The van der Waals surface area contributed by atoms with Gasteiger partial charge in [0.25, 0.3) is 0 Å². The van der Waals surface area contributed by atoms with Gasteiger partial charge in [-0.15, -0.1) is 0 Å². The van der Waals surface area contributed by atoms with E-state index in [0.717, 1.165) is 18.8 Å². The number of nitrogens with zero attached hydrogens (tertiary/aromatic N) is 3. The Labute approximate surface area is 109 Å². The molecule has 0 spiro atoms.